The molecule has 0 unspecified atom stereocenters. The van der Waals surface area contributed by atoms with E-state index in [0.717, 1.165) is 24.9 Å². The number of rotatable bonds is 5. The lowest BCUT2D eigenvalue weighted by Crippen LogP contribution is -2.23. The highest BCUT2D eigenvalue weighted by Gasteiger charge is 2.33. The molecule has 0 aromatic heterocycles. The smallest absolute Gasteiger partial charge is 0.397 e. The Morgan fingerprint density at radius 1 is 0.941 bits per heavy atom. The maximum absolute atomic E-state index is 13.2. The molecule has 0 amide bonds. The number of carbonyl (C=O) groups is 2. The molecule has 9 nitrogen and oxygen atoms in total. The second-order valence-electron chi connectivity index (χ2n) is 7.81. The number of nitrogen functional groups attached to an aromatic ring is 1. The summed E-state index contributed by atoms with van der Waals surface area (Å²) in [6.07, 6.45) is 0. The second kappa shape index (κ2) is 10.1. The normalized spacial score (nSPS) is 12.5. The maximum Gasteiger partial charge on any atom is 0.397 e. The van der Waals surface area contributed by atoms with Crippen LogP contribution in [0.1, 0.15) is 37.4 Å². The minimum absolute atomic E-state index is 0.190. The van der Waals surface area contributed by atoms with Crippen molar-refractivity contribution in [1.82, 2.24) is 4.90 Å². The lowest BCUT2D eigenvalue weighted by Gasteiger charge is -2.22. The number of hydrogen-bond donors (Lipinski definition) is 3. The number of benzene rings is 3. The van der Waals surface area contributed by atoms with Gasteiger partial charge < -0.3 is 16.0 Å². The van der Waals surface area contributed by atoms with Crippen molar-refractivity contribution < 1.29 is 26.7 Å². The molecule has 3 aromatic rings. The molecule has 0 fully saturated rings. The van der Waals surface area contributed by atoms with Crippen LogP contribution < -0.4 is 11.1 Å². The lowest BCUT2D eigenvalue weighted by molar-refractivity contribution is 0.0980. The molecule has 0 atom stereocenters. The van der Waals surface area contributed by atoms with Gasteiger partial charge in [-0.3, -0.25) is 18.3 Å². The Bertz CT molecular complexity index is 1350. The summed E-state index contributed by atoms with van der Waals surface area (Å²) in [5.41, 5.74) is 10.4. The number of carbonyl (C=O) groups excluding carboxylic acids is 2. The van der Waals surface area contributed by atoms with Gasteiger partial charge >= 0.3 is 10.4 Å². The van der Waals surface area contributed by atoms with Gasteiger partial charge in [-0.2, -0.15) is 8.42 Å². The van der Waals surface area contributed by atoms with Crippen LogP contribution in [-0.4, -0.2) is 50.6 Å². The summed E-state index contributed by atoms with van der Waals surface area (Å²) in [5.74, 6) is -0.405. The van der Waals surface area contributed by atoms with Gasteiger partial charge in [-0.05, 0) is 43.9 Å². The molecule has 0 radical (unpaired) electrons. The van der Waals surface area contributed by atoms with E-state index >= 15 is 0 Å². The molecule has 0 saturated carbocycles. The van der Waals surface area contributed by atoms with Gasteiger partial charge in [0.05, 0.1) is 23.9 Å². The molecule has 0 saturated heterocycles. The predicted molar refractivity (Wildman–Crippen MR) is 130 cm³/mol. The molecule has 178 valence electrons. The lowest BCUT2D eigenvalue weighted by atomic mass is 9.82. The fraction of sp³-hybridized carbons (Fsp3) is 0.167. The number of ketones is 2. The zero-order valence-electron chi connectivity index (χ0n) is 18.9. The highest BCUT2D eigenvalue weighted by Crippen LogP contribution is 2.36. The Morgan fingerprint density at radius 2 is 1.53 bits per heavy atom. The van der Waals surface area contributed by atoms with Crippen molar-refractivity contribution in [3.8, 4) is 0 Å². The van der Waals surface area contributed by atoms with Crippen LogP contribution in [0.5, 0.6) is 0 Å². The topological polar surface area (TPSA) is 139 Å². The molecular weight excluding hydrogens is 458 g/mol. The van der Waals surface area contributed by atoms with Crippen LogP contribution in [0.2, 0.25) is 0 Å². The first kappa shape index (κ1) is 25.1. The Hall–Kier alpha value is -3.57. The summed E-state index contributed by atoms with van der Waals surface area (Å²) in [4.78, 5) is 28.3. The van der Waals surface area contributed by atoms with Crippen LogP contribution in [0.4, 0.5) is 17.1 Å². The molecule has 10 heteroatoms. The van der Waals surface area contributed by atoms with Gasteiger partial charge in [-0.15, -0.1) is 0 Å². The Labute approximate surface area is 198 Å². The van der Waals surface area contributed by atoms with Crippen molar-refractivity contribution in [3.05, 3.63) is 88.5 Å². The number of nitrogens with one attached hydrogen (secondary N) is 1. The van der Waals surface area contributed by atoms with Crippen molar-refractivity contribution in [2.75, 3.05) is 32.3 Å². The van der Waals surface area contributed by atoms with E-state index in [-0.39, 0.29) is 17.1 Å². The van der Waals surface area contributed by atoms with E-state index < -0.39 is 10.4 Å². The Balaban J connectivity index is 0.000000481. The third-order valence-corrected chi connectivity index (χ3v) is 5.44. The Morgan fingerprint density at radius 3 is 2.09 bits per heavy atom. The van der Waals surface area contributed by atoms with Crippen molar-refractivity contribution in [2.45, 2.75) is 6.54 Å². The van der Waals surface area contributed by atoms with Gasteiger partial charge in [0.2, 0.25) is 0 Å². The van der Waals surface area contributed by atoms with E-state index in [9.17, 15) is 18.0 Å². The number of fused-ring (bicyclic) bond motifs is 2. The zero-order valence-corrected chi connectivity index (χ0v) is 19.7. The number of hydrogen-bond acceptors (Lipinski definition) is 8. The highest BCUT2D eigenvalue weighted by molar-refractivity contribution is 7.80. The molecule has 3 aromatic carbocycles. The number of anilines is 3. The quantitative estimate of drug-likeness (QED) is 0.288. The maximum atomic E-state index is 13.2. The zero-order chi connectivity index (χ0) is 25.0. The third-order valence-electron chi connectivity index (χ3n) is 5.02. The molecule has 34 heavy (non-hydrogen) atoms. The summed E-state index contributed by atoms with van der Waals surface area (Å²) in [6, 6.07) is 18.3. The van der Waals surface area contributed by atoms with Gasteiger partial charge in [-0.25, -0.2) is 0 Å². The first-order valence-corrected chi connectivity index (χ1v) is 11.5. The first-order valence-electron chi connectivity index (χ1n) is 10.2. The van der Waals surface area contributed by atoms with Crippen LogP contribution in [0.15, 0.2) is 60.7 Å². The van der Waals surface area contributed by atoms with Gasteiger partial charge in [0.25, 0.3) is 0 Å². The summed E-state index contributed by atoms with van der Waals surface area (Å²) in [7, 11) is 0.732. The van der Waals surface area contributed by atoms with Gasteiger partial charge in [0.1, 0.15) is 0 Å². The Kier molecular flexibility index (Phi) is 7.48. The molecule has 4 N–H and O–H groups in total. The van der Waals surface area contributed by atoms with Crippen molar-refractivity contribution in [3.63, 3.8) is 0 Å². The average molecular weight is 484 g/mol. The summed E-state index contributed by atoms with van der Waals surface area (Å²) < 4.78 is 29.7. The fourth-order valence-electron chi connectivity index (χ4n) is 3.62. The van der Waals surface area contributed by atoms with Crippen molar-refractivity contribution in [2.24, 2.45) is 0 Å². The molecule has 0 heterocycles. The number of nitrogens with two attached hydrogens (primary N) is 1. The van der Waals surface area contributed by atoms with E-state index in [0.29, 0.717) is 28.1 Å². The SMILES string of the molecule is CN(C)Cc1cccc(Nc2ccc(N)c3c2C(=O)c2ccccc2C3=O)c1.COS(=O)(=O)O. The molecule has 0 bridgehead atoms. The highest BCUT2D eigenvalue weighted by atomic mass is 32.3. The minimum atomic E-state index is -4.16. The van der Waals surface area contributed by atoms with Crippen molar-refractivity contribution >= 4 is 39.0 Å². The van der Waals surface area contributed by atoms with Crippen LogP contribution in [0.25, 0.3) is 0 Å². The van der Waals surface area contributed by atoms with E-state index in [1.165, 1.54) is 0 Å². The fourth-order valence-corrected chi connectivity index (χ4v) is 3.62. The molecule has 4 rings (SSSR count). The van der Waals surface area contributed by atoms with Gasteiger partial charge in [-0.1, -0.05) is 36.4 Å². The first-order chi connectivity index (χ1) is 16.0. The molecular formula is C24H25N3O6S. The largest absolute Gasteiger partial charge is 0.398 e. The monoisotopic (exact) mass is 483 g/mol. The van der Waals surface area contributed by atoms with Crippen LogP contribution >= 0.6 is 0 Å². The van der Waals surface area contributed by atoms with Crippen LogP contribution in [-0.2, 0) is 21.1 Å². The molecule has 1 aliphatic rings. The van der Waals surface area contributed by atoms with E-state index in [4.69, 9.17) is 10.3 Å². The molecule has 0 aliphatic heterocycles. The van der Waals surface area contributed by atoms with Crippen LogP contribution in [0, 0.1) is 0 Å². The summed E-state index contributed by atoms with van der Waals surface area (Å²) >= 11 is 0. The second-order valence-corrected chi connectivity index (χ2v) is 9.00. The number of nitrogens with zero attached hydrogens (tertiary/aromatic N) is 1. The van der Waals surface area contributed by atoms with Crippen molar-refractivity contribution in [1.29, 1.82) is 0 Å². The van der Waals surface area contributed by atoms with Gasteiger partial charge in [0.15, 0.2) is 11.6 Å². The standard InChI is InChI=1S/C23H21N3O2.CH4O4S/c1-26(2)13-14-6-5-7-15(12-14)25-19-11-10-18(24)20-21(19)23(28)17-9-4-3-8-16(17)22(20)27;1-5-6(2,3)4/h3-12,25H,13,24H2,1-2H3;1H3,(H,2,3,4). The summed E-state index contributed by atoms with van der Waals surface area (Å²) in [5, 5.41) is 3.31. The predicted octanol–water partition coefficient (Wildman–Crippen LogP) is 3.29. The minimum Gasteiger partial charge on any atom is -0.398 e. The molecule has 1 aliphatic carbocycles. The summed E-state index contributed by atoms with van der Waals surface area (Å²) in [6.45, 7) is 0.806. The van der Waals surface area contributed by atoms with E-state index in [1.54, 1.807) is 36.4 Å². The third kappa shape index (κ3) is 5.67. The average Bonchev–Trinajstić information content (AvgIpc) is 2.78. The van der Waals surface area contributed by atoms with Crippen LogP contribution in [0.3, 0.4) is 0 Å². The van der Waals surface area contributed by atoms with E-state index in [2.05, 4.69) is 20.5 Å². The van der Waals surface area contributed by atoms with E-state index in [1.807, 2.05) is 32.3 Å². The van der Waals surface area contributed by atoms with Gasteiger partial charge in [0, 0.05) is 29.0 Å². The molecule has 0 spiro atoms.